The van der Waals surface area contributed by atoms with Crippen LogP contribution in [0.4, 0.5) is 5.82 Å². The minimum absolute atomic E-state index is 0.313. The second kappa shape index (κ2) is 5.55. The van der Waals surface area contributed by atoms with Crippen molar-refractivity contribution < 1.29 is 0 Å². The standard InChI is InChI=1S/C10H10N4/c11-6-2-8-13-10-4-1-3-9(14-10)5-7-12/h1,3-4H,2,5,8H2,(H,13,14). The zero-order chi connectivity index (χ0) is 10.2. The molecule has 0 aliphatic rings. The third kappa shape index (κ3) is 3.12. The Kier molecular flexibility index (Phi) is 3.97. The third-order valence-corrected chi connectivity index (χ3v) is 1.61. The summed E-state index contributed by atoms with van der Waals surface area (Å²) in [6.45, 7) is 0.583. The van der Waals surface area contributed by atoms with E-state index < -0.39 is 0 Å². The Morgan fingerprint density at radius 2 is 2.14 bits per heavy atom. The van der Waals surface area contributed by atoms with E-state index in [9.17, 15) is 0 Å². The van der Waals surface area contributed by atoms with Crippen molar-refractivity contribution in [2.24, 2.45) is 0 Å². The lowest BCUT2D eigenvalue weighted by molar-refractivity contribution is 1.03. The maximum absolute atomic E-state index is 8.47. The number of hydrogen-bond acceptors (Lipinski definition) is 4. The van der Waals surface area contributed by atoms with Crippen LogP contribution in [0.5, 0.6) is 0 Å². The molecule has 0 bridgehead atoms. The van der Waals surface area contributed by atoms with Gasteiger partial charge in [0.1, 0.15) is 5.82 Å². The Balaban J connectivity index is 2.56. The van der Waals surface area contributed by atoms with E-state index in [2.05, 4.69) is 10.3 Å². The number of rotatable bonds is 4. The fourth-order valence-corrected chi connectivity index (χ4v) is 1.00. The highest BCUT2D eigenvalue weighted by molar-refractivity contribution is 5.35. The molecule has 0 amide bonds. The summed E-state index contributed by atoms with van der Waals surface area (Å²) >= 11 is 0. The first-order valence-corrected chi connectivity index (χ1v) is 4.30. The Labute approximate surface area is 82.8 Å². The molecule has 1 heterocycles. The van der Waals surface area contributed by atoms with E-state index in [1.165, 1.54) is 0 Å². The zero-order valence-electron chi connectivity index (χ0n) is 7.70. The normalized spacial score (nSPS) is 8.71. The highest BCUT2D eigenvalue weighted by Crippen LogP contribution is 2.04. The minimum Gasteiger partial charge on any atom is -0.369 e. The molecule has 1 N–H and O–H groups in total. The second-order valence-electron chi connectivity index (χ2n) is 2.68. The van der Waals surface area contributed by atoms with Gasteiger partial charge in [0.05, 0.1) is 30.7 Å². The molecule has 0 saturated carbocycles. The van der Waals surface area contributed by atoms with Gasteiger partial charge in [0.2, 0.25) is 0 Å². The van der Waals surface area contributed by atoms with E-state index in [-0.39, 0.29) is 0 Å². The molecule has 0 atom stereocenters. The molecule has 70 valence electrons. The number of hydrogen-bond donors (Lipinski definition) is 1. The molecule has 4 nitrogen and oxygen atoms in total. The smallest absolute Gasteiger partial charge is 0.126 e. The van der Waals surface area contributed by atoms with Gasteiger partial charge in [0.25, 0.3) is 0 Å². The lowest BCUT2D eigenvalue weighted by Gasteiger charge is -2.03. The van der Waals surface area contributed by atoms with Crippen molar-refractivity contribution in [1.29, 1.82) is 10.5 Å². The number of nitriles is 2. The zero-order valence-corrected chi connectivity index (χ0v) is 7.70. The molecule has 4 heteroatoms. The van der Waals surface area contributed by atoms with Crippen molar-refractivity contribution in [3.63, 3.8) is 0 Å². The second-order valence-corrected chi connectivity index (χ2v) is 2.68. The Morgan fingerprint density at radius 3 is 2.86 bits per heavy atom. The van der Waals surface area contributed by atoms with Gasteiger partial charge in [0.15, 0.2) is 0 Å². The van der Waals surface area contributed by atoms with E-state index in [1.54, 1.807) is 6.07 Å². The summed E-state index contributed by atoms with van der Waals surface area (Å²) in [6.07, 6.45) is 0.762. The van der Waals surface area contributed by atoms with Crippen LogP contribution < -0.4 is 5.32 Å². The van der Waals surface area contributed by atoms with Crippen LogP contribution >= 0.6 is 0 Å². The first kappa shape index (κ1) is 10.0. The molecular weight excluding hydrogens is 176 g/mol. The monoisotopic (exact) mass is 186 g/mol. The topological polar surface area (TPSA) is 72.5 Å². The molecule has 14 heavy (non-hydrogen) atoms. The molecule has 0 aliphatic heterocycles. The van der Waals surface area contributed by atoms with Crippen LogP contribution in [-0.4, -0.2) is 11.5 Å². The minimum atomic E-state index is 0.313. The van der Waals surface area contributed by atoms with Crippen molar-refractivity contribution in [1.82, 2.24) is 4.98 Å². The lowest BCUT2D eigenvalue weighted by atomic mass is 10.3. The van der Waals surface area contributed by atoms with Crippen LogP contribution in [-0.2, 0) is 6.42 Å². The molecule has 1 aromatic rings. The van der Waals surface area contributed by atoms with Crippen molar-refractivity contribution in [3.8, 4) is 12.1 Å². The van der Waals surface area contributed by atoms with Crippen LogP contribution in [0.1, 0.15) is 12.1 Å². The van der Waals surface area contributed by atoms with Crippen LogP contribution in [0, 0.1) is 22.7 Å². The molecule has 0 saturated heterocycles. The van der Waals surface area contributed by atoms with Crippen molar-refractivity contribution in [2.45, 2.75) is 12.8 Å². The van der Waals surface area contributed by atoms with Crippen molar-refractivity contribution >= 4 is 5.82 Å². The molecule has 1 aromatic heterocycles. The first-order valence-electron chi connectivity index (χ1n) is 4.30. The summed E-state index contributed by atoms with van der Waals surface area (Å²) in [5.74, 6) is 0.716. The van der Waals surface area contributed by atoms with E-state index in [0.717, 1.165) is 5.69 Å². The van der Waals surface area contributed by atoms with Gasteiger partial charge in [-0.25, -0.2) is 4.98 Å². The van der Waals surface area contributed by atoms with Gasteiger partial charge < -0.3 is 5.32 Å². The van der Waals surface area contributed by atoms with Gasteiger partial charge in [-0.3, -0.25) is 0 Å². The van der Waals surface area contributed by atoms with Gasteiger partial charge in [-0.2, -0.15) is 10.5 Å². The van der Waals surface area contributed by atoms with Crippen molar-refractivity contribution in [2.75, 3.05) is 11.9 Å². The molecular formula is C10H10N4. The summed E-state index contributed by atoms with van der Waals surface area (Å²) in [5.41, 5.74) is 0.745. The van der Waals surface area contributed by atoms with Gasteiger partial charge in [-0.05, 0) is 12.1 Å². The van der Waals surface area contributed by atoms with E-state index in [1.807, 2.05) is 24.3 Å². The van der Waals surface area contributed by atoms with E-state index >= 15 is 0 Å². The van der Waals surface area contributed by atoms with Crippen LogP contribution in [0.15, 0.2) is 18.2 Å². The molecule has 0 fully saturated rings. The summed E-state index contributed by atoms with van der Waals surface area (Å²) in [4.78, 5) is 4.19. The third-order valence-electron chi connectivity index (χ3n) is 1.61. The van der Waals surface area contributed by atoms with Gasteiger partial charge in [-0.1, -0.05) is 6.07 Å². The summed E-state index contributed by atoms with van der Waals surface area (Å²) < 4.78 is 0. The van der Waals surface area contributed by atoms with Gasteiger partial charge >= 0.3 is 0 Å². The molecule has 0 aliphatic carbocycles. The summed E-state index contributed by atoms with van der Waals surface area (Å²) in [7, 11) is 0. The molecule has 0 radical (unpaired) electrons. The largest absolute Gasteiger partial charge is 0.369 e. The SMILES string of the molecule is N#CCCNc1cccc(CC#N)n1. The molecule has 1 rings (SSSR count). The number of nitrogens with one attached hydrogen (secondary N) is 1. The fourth-order valence-electron chi connectivity index (χ4n) is 1.00. The number of anilines is 1. The van der Waals surface area contributed by atoms with Gasteiger partial charge in [-0.15, -0.1) is 0 Å². The fraction of sp³-hybridized carbons (Fsp3) is 0.300. The summed E-state index contributed by atoms with van der Waals surface area (Å²) in [5, 5.41) is 19.8. The number of pyridine rings is 1. The molecule has 0 spiro atoms. The quantitative estimate of drug-likeness (QED) is 0.723. The highest BCUT2D eigenvalue weighted by atomic mass is 15.0. The van der Waals surface area contributed by atoms with Crippen LogP contribution in [0.3, 0.4) is 0 Å². The van der Waals surface area contributed by atoms with Gasteiger partial charge in [0, 0.05) is 6.54 Å². The van der Waals surface area contributed by atoms with E-state index in [4.69, 9.17) is 10.5 Å². The summed E-state index contributed by atoms with van der Waals surface area (Å²) in [6, 6.07) is 9.53. The Hall–Kier alpha value is -2.07. The predicted molar refractivity (Wildman–Crippen MR) is 52.3 cm³/mol. The first-order chi connectivity index (χ1) is 6.86. The number of nitrogens with zero attached hydrogens (tertiary/aromatic N) is 3. The maximum Gasteiger partial charge on any atom is 0.126 e. The van der Waals surface area contributed by atoms with Crippen LogP contribution in [0.25, 0.3) is 0 Å². The Morgan fingerprint density at radius 1 is 1.29 bits per heavy atom. The number of aromatic nitrogens is 1. The predicted octanol–water partition coefficient (Wildman–Crippen LogP) is 1.47. The van der Waals surface area contributed by atoms with Crippen molar-refractivity contribution in [3.05, 3.63) is 23.9 Å². The lowest BCUT2D eigenvalue weighted by Crippen LogP contribution is -2.03. The average molecular weight is 186 g/mol. The molecule has 0 aromatic carbocycles. The van der Waals surface area contributed by atoms with Crippen LogP contribution in [0.2, 0.25) is 0 Å². The average Bonchev–Trinajstić information content (AvgIpc) is 2.19. The Bertz CT molecular complexity index is 372. The highest BCUT2D eigenvalue weighted by Gasteiger charge is 1.95. The van der Waals surface area contributed by atoms with E-state index in [0.29, 0.717) is 25.2 Å². The molecule has 0 unspecified atom stereocenters. The maximum atomic E-state index is 8.47.